The fourth-order valence-electron chi connectivity index (χ4n) is 1.68. The molecule has 0 radical (unpaired) electrons. The summed E-state index contributed by atoms with van der Waals surface area (Å²) in [6.45, 7) is 3.89. The fraction of sp³-hybridized carbons (Fsp3) is 0.417. The highest BCUT2D eigenvalue weighted by molar-refractivity contribution is 5.97. The smallest absolute Gasteiger partial charge is 0.165 e. The van der Waals surface area contributed by atoms with E-state index in [-0.39, 0.29) is 11.7 Å². The average molecular weight is 174 g/mol. The molecule has 0 amide bonds. The van der Waals surface area contributed by atoms with E-state index in [4.69, 9.17) is 0 Å². The van der Waals surface area contributed by atoms with E-state index in [2.05, 4.69) is 12.1 Å². The first-order valence-corrected chi connectivity index (χ1v) is 4.84. The van der Waals surface area contributed by atoms with Crippen LogP contribution in [0.25, 0.3) is 0 Å². The number of Topliss-reactive ketones (excluding diaryl/α,β-unsaturated/α-hetero) is 1. The molecule has 1 nitrogen and oxygen atoms in total. The van der Waals surface area contributed by atoms with Gasteiger partial charge in [0, 0.05) is 11.5 Å². The number of carbonyl (C=O) groups excluding carboxylic acids is 1. The quantitative estimate of drug-likeness (QED) is 0.630. The minimum absolute atomic E-state index is 0.109. The number of ketones is 1. The van der Waals surface area contributed by atoms with E-state index in [1.807, 2.05) is 19.9 Å². The third-order valence-corrected chi connectivity index (χ3v) is 2.68. The molecular weight excluding hydrogens is 160 g/mol. The van der Waals surface area contributed by atoms with Crippen molar-refractivity contribution in [1.29, 1.82) is 0 Å². The Labute approximate surface area is 78.8 Å². The van der Waals surface area contributed by atoms with Crippen LogP contribution in [0.5, 0.6) is 0 Å². The maximum Gasteiger partial charge on any atom is 0.165 e. The molecule has 1 heteroatoms. The van der Waals surface area contributed by atoms with Crippen LogP contribution in [0.1, 0.15) is 35.3 Å². The summed E-state index contributed by atoms with van der Waals surface area (Å²) in [4.78, 5) is 11.6. The molecule has 1 aromatic rings. The summed E-state index contributed by atoms with van der Waals surface area (Å²) >= 11 is 0. The van der Waals surface area contributed by atoms with Gasteiger partial charge in [0.1, 0.15) is 0 Å². The molecule has 1 aliphatic rings. The molecule has 0 aromatic heterocycles. The Bertz CT molecular complexity index is 350. The van der Waals surface area contributed by atoms with Crippen molar-refractivity contribution in [1.82, 2.24) is 0 Å². The van der Waals surface area contributed by atoms with Crippen molar-refractivity contribution in [3.05, 3.63) is 34.9 Å². The molecule has 0 atom stereocenters. The van der Waals surface area contributed by atoms with E-state index in [0.717, 1.165) is 12.0 Å². The fourth-order valence-corrected chi connectivity index (χ4v) is 1.68. The molecule has 0 saturated carbocycles. The van der Waals surface area contributed by atoms with Gasteiger partial charge in [0.15, 0.2) is 5.78 Å². The molecule has 0 bridgehead atoms. The molecule has 1 aromatic carbocycles. The maximum atomic E-state index is 11.6. The Morgan fingerprint density at radius 1 is 1.23 bits per heavy atom. The standard InChI is InChI=1S/C12H14O/c1-8(2)12(13)11-6-4-9-3-5-10(9)7-11/h4,6-8H,3,5H2,1-2H3. The van der Waals surface area contributed by atoms with Gasteiger partial charge in [-0.1, -0.05) is 26.0 Å². The number of fused-ring (bicyclic) bond motifs is 1. The number of benzene rings is 1. The van der Waals surface area contributed by atoms with E-state index < -0.39 is 0 Å². The zero-order chi connectivity index (χ0) is 9.42. The molecule has 0 N–H and O–H groups in total. The van der Waals surface area contributed by atoms with E-state index in [0.29, 0.717) is 0 Å². The minimum atomic E-state index is 0.109. The predicted octanol–water partition coefficient (Wildman–Crippen LogP) is 2.62. The first-order chi connectivity index (χ1) is 6.18. The van der Waals surface area contributed by atoms with Gasteiger partial charge in [-0.3, -0.25) is 4.79 Å². The molecule has 0 heterocycles. The van der Waals surface area contributed by atoms with Crippen LogP contribution < -0.4 is 0 Å². The number of hydrogen-bond acceptors (Lipinski definition) is 1. The van der Waals surface area contributed by atoms with Gasteiger partial charge in [-0.15, -0.1) is 0 Å². The molecule has 0 saturated heterocycles. The molecule has 2 rings (SSSR count). The molecule has 68 valence electrons. The molecule has 0 spiro atoms. The molecule has 0 aliphatic heterocycles. The lowest BCUT2D eigenvalue weighted by Crippen LogP contribution is -2.13. The SMILES string of the molecule is CC(C)C(=O)c1ccc2c(c1)CC2. The lowest BCUT2D eigenvalue weighted by molar-refractivity contribution is 0.0939. The molecule has 0 fully saturated rings. The van der Waals surface area contributed by atoms with Crippen molar-refractivity contribution >= 4 is 5.78 Å². The lowest BCUT2D eigenvalue weighted by atomic mass is 9.85. The Balaban J connectivity index is 2.32. The van der Waals surface area contributed by atoms with Gasteiger partial charge in [-0.2, -0.15) is 0 Å². The van der Waals surface area contributed by atoms with E-state index in [1.165, 1.54) is 17.5 Å². The first-order valence-electron chi connectivity index (χ1n) is 4.84. The van der Waals surface area contributed by atoms with Crippen LogP contribution in [0.4, 0.5) is 0 Å². The van der Waals surface area contributed by atoms with E-state index in [9.17, 15) is 4.79 Å². The second-order valence-corrected chi connectivity index (χ2v) is 4.00. The van der Waals surface area contributed by atoms with Gasteiger partial charge >= 0.3 is 0 Å². The molecule has 1 aliphatic carbocycles. The van der Waals surface area contributed by atoms with Crippen LogP contribution in [-0.2, 0) is 12.8 Å². The maximum absolute atomic E-state index is 11.6. The monoisotopic (exact) mass is 174 g/mol. The predicted molar refractivity (Wildman–Crippen MR) is 53.0 cm³/mol. The second kappa shape index (κ2) is 2.99. The summed E-state index contributed by atoms with van der Waals surface area (Å²) in [5.41, 5.74) is 3.67. The van der Waals surface area contributed by atoms with Crippen molar-refractivity contribution < 1.29 is 4.79 Å². The average Bonchev–Trinajstić information content (AvgIpc) is 2.06. The molecule has 13 heavy (non-hydrogen) atoms. The number of rotatable bonds is 2. The summed E-state index contributed by atoms with van der Waals surface area (Å²) in [6, 6.07) is 6.11. The van der Waals surface area contributed by atoms with Crippen LogP contribution in [-0.4, -0.2) is 5.78 Å². The third-order valence-electron chi connectivity index (χ3n) is 2.68. The van der Waals surface area contributed by atoms with Crippen molar-refractivity contribution in [2.75, 3.05) is 0 Å². The second-order valence-electron chi connectivity index (χ2n) is 4.00. The summed E-state index contributed by atoms with van der Waals surface area (Å²) in [5.74, 6) is 0.368. The van der Waals surface area contributed by atoms with Gasteiger partial charge in [0.2, 0.25) is 0 Å². The highest BCUT2D eigenvalue weighted by atomic mass is 16.1. The Morgan fingerprint density at radius 3 is 2.38 bits per heavy atom. The van der Waals surface area contributed by atoms with Crippen LogP contribution in [0, 0.1) is 5.92 Å². The van der Waals surface area contributed by atoms with E-state index >= 15 is 0 Å². The van der Waals surface area contributed by atoms with Crippen LogP contribution in [0.15, 0.2) is 18.2 Å². The van der Waals surface area contributed by atoms with Crippen molar-refractivity contribution in [2.45, 2.75) is 26.7 Å². The zero-order valence-electron chi connectivity index (χ0n) is 8.13. The van der Waals surface area contributed by atoms with Gasteiger partial charge in [-0.05, 0) is 30.0 Å². The summed E-state index contributed by atoms with van der Waals surface area (Å²) < 4.78 is 0. The Kier molecular flexibility index (Phi) is 1.95. The van der Waals surface area contributed by atoms with Crippen LogP contribution in [0.3, 0.4) is 0 Å². The van der Waals surface area contributed by atoms with Gasteiger partial charge in [0.25, 0.3) is 0 Å². The molecular formula is C12H14O. The zero-order valence-corrected chi connectivity index (χ0v) is 8.13. The number of aryl methyl sites for hydroxylation is 2. The first kappa shape index (κ1) is 8.49. The topological polar surface area (TPSA) is 17.1 Å². The van der Waals surface area contributed by atoms with Crippen molar-refractivity contribution in [3.8, 4) is 0 Å². The largest absolute Gasteiger partial charge is 0.294 e. The number of carbonyl (C=O) groups is 1. The highest BCUT2D eigenvalue weighted by Gasteiger charge is 2.16. The minimum Gasteiger partial charge on any atom is -0.294 e. The van der Waals surface area contributed by atoms with Crippen molar-refractivity contribution in [3.63, 3.8) is 0 Å². The third kappa shape index (κ3) is 1.39. The van der Waals surface area contributed by atoms with Crippen LogP contribution in [0.2, 0.25) is 0 Å². The summed E-state index contributed by atoms with van der Waals surface area (Å²) in [6.07, 6.45) is 2.33. The normalized spacial score (nSPS) is 13.8. The Hall–Kier alpha value is -1.11. The molecule has 0 unspecified atom stereocenters. The van der Waals surface area contributed by atoms with E-state index in [1.54, 1.807) is 0 Å². The van der Waals surface area contributed by atoms with Gasteiger partial charge < -0.3 is 0 Å². The summed E-state index contributed by atoms with van der Waals surface area (Å²) in [7, 11) is 0. The van der Waals surface area contributed by atoms with Gasteiger partial charge in [0.05, 0.1) is 0 Å². The lowest BCUT2D eigenvalue weighted by Gasteiger charge is -2.19. The number of hydrogen-bond donors (Lipinski definition) is 0. The van der Waals surface area contributed by atoms with Crippen molar-refractivity contribution in [2.24, 2.45) is 5.92 Å². The highest BCUT2D eigenvalue weighted by Crippen LogP contribution is 2.24. The Morgan fingerprint density at radius 2 is 1.92 bits per heavy atom. The van der Waals surface area contributed by atoms with Gasteiger partial charge in [-0.25, -0.2) is 0 Å². The summed E-state index contributed by atoms with van der Waals surface area (Å²) in [5, 5.41) is 0. The van der Waals surface area contributed by atoms with Crippen LogP contribution >= 0.6 is 0 Å².